The first-order chi connectivity index (χ1) is 9.33. The van der Waals surface area contributed by atoms with E-state index >= 15 is 0 Å². The molecule has 0 fully saturated rings. The largest absolute Gasteiger partial charge is 0.307 e. The molecule has 1 aliphatic carbocycles. The molecule has 1 heterocycles. The van der Waals surface area contributed by atoms with Crippen LogP contribution in [0.4, 0.5) is 4.39 Å². The molecule has 1 unspecified atom stereocenters. The highest BCUT2D eigenvalue weighted by Gasteiger charge is 2.19. The summed E-state index contributed by atoms with van der Waals surface area (Å²) in [6.07, 6.45) is 12.5. The van der Waals surface area contributed by atoms with Crippen molar-refractivity contribution in [1.29, 1.82) is 0 Å². The molecule has 1 aromatic rings. The van der Waals surface area contributed by atoms with Crippen molar-refractivity contribution < 1.29 is 4.39 Å². The Kier molecular flexibility index (Phi) is 5.52. The van der Waals surface area contributed by atoms with Crippen LogP contribution in [0.2, 0.25) is 0 Å². The van der Waals surface area contributed by atoms with Crippen molar-refractivity contribution in [2.75, 3.05) is 6.54 Å². The second kappa shape index (κ2) is 7.39. The zero-order valence-corrected chi connectivity index (χ0v) is 11.7. The van der Waals surface area contributed by atoms with Crippen molar-refractivity contribution in [1.82, 2.24) is 10.3 Å². The molecule has 104 valence electrons. The highest BCUT2D eigenvalue weighted by Crippen LogP contribution is 2.29. The van der Waals surface area contributed by atoms with Crippen LogP contribution in [-0.2, 0) is 0 Å². The van der Waals surface area contributed by atoms with Gasteiger partial charge in [0, 0.05) is 11.8 Å². The highest BCUT2D eigenvalue weighted by atomic mass is 19.1. The number of aromatic nitrogens is 1. The fourth-order valence-electron chi connectivity index (χ4n) is 2.74. The van der Waals surface area contributed by atoms with E-state index in [1.165, 1.54) is 37.5 Å². The Hall–Kier alpha value is -1.22. The molecular weight excluding hydrogens is 239 g/mol. The Labute approximate surface area is 115 Å². The van der Waals surface area contributed by atoms with Crippen LogP contribution in [0.5, 0.6) is 0 Å². The van der Waals surface area contributed by atoms with Crippen molar-refractivity contribution in [3.05, 3.63) is 41.5 Å². The lowest BCUT2D eigenvalue weighted by Gasteiger charge is -2.23. The quantitative estimate of drug-likeness (QED) is 0.824. The fraction of sp³-hybridized carbons (Fsp3) is 0.562. The van der Waals surface area contributed by atoms with Gasteiger partial charge in [-0.05, 0) is 38.3 Å². The Morgan fingerprint density at radius 3 is 2.95 bits per heavy atom. The number of nitrogens with one attached hydrogen (secondary N) is 1. The van der Waals surface area contributed by atoms with Gasteiger partial charge in [0.15, 0.2) is 0 Å². The summed E-state index contributed by atoms with van der Waals surface area (Å²) in [5.41, 5.74) is 2.07. The number of hydrogen-bond acceptors (Lipinski definition) is 2. The number of likely N-dealkylation sites (N-methyl/N-ethyl adjacent to an activating group) is 1. The SMILES string of the molecule is CCNC(/C1=C/CCCCCC1)c1ccncc1F. The molecule has 0 amide bonds. The van der Waals surface area contributed by atoms with E-state index in [1.807, 2.05) is 0 Å². The van der Waals surface area contributed by atoms with Gasteiger partial charge in [-0.1, -0.05) is 31.4 Å². The predicted molar refractivity (Wildman–Crippen MR) is 76.4 cm³/mol. The lowest BCUT2D eigenvalue weighted by Crippen LogP contribution is -2.24. The van der Waals surface area contributed by atoms with Gasteiger partial charge in [-0.3, -0.25) is 4.98 Å². The third-order valence-electron chi connectivity index (χ3n) is 3.72. The van der Waals surface area contributed by atoms with Crippen molar-refractivity contribution in [3.8, 4) is 0 Å². The highest BCUT2D eigenvalue weighted by molar-refractivity contribution is 5.28. The van der Waals surface area contributed by atoms with Gasteiger partial charge in [-0.15, -0.1) is 0 Å². The molecule has 0 bridgehead atoms. The first kappa shape index (κ1) is 14.2. The first-order valence-corrected chi connectivity index (χ1v) is 7.34. The van der Waals surface area contributed by atoms with E-state index in [1.54, 1.807) is 12.3 Å². The summed E-state index contributed by atoms with van der Waals surface area (Å²) in [5, 5.41) is 3.42. The van der Waals surface area contributed by atoms with E-state index in [2.05, 4.69) is 23.3 Å². The Bertz CT molecular complexity index is 429. The van der Waals surface area contributed by atoms with Gasteiger partial charge in [0.05, 0.1) is 12.2 Å². The monoisotopic (exact) mass is 262 g/mol. The van der Waals surface area contributed by atoms with Crippen molar-refractivity contribution in [2.45, 2.75) is 51.5 Å². The summed E-state index contributed by atoms with van der Waals surface area (Å²) in [4.78, 5) is 3.84. The molecule has 0 radical (unpaired) electrons. The maximum Gasteiger partial charge on any atom is 0.146 e. The zero-order chi connectivity index (χ0) is 13.5. The summed E-state index contributed by atoms with van der Waals surface area (Å²) in [6, 6.07) is 1.80. The van der Waals surface area contributed by atoms with Gasteiger partial charge >= 0.3 is 0 Å². The third kappa shape index (κ3) is 3.87. The lowest BCUT2D eigenvalue weighted by atomic mass is 9.91. The second-order valence-corrected chi connectivity index (χ2v) is 5.12. The fourth-order valence-corrected chi connectivity index (χ4v) is 2.74. The summed E-state index contributed by atoms with van der Waals surface area (Å²) < 4.78 is 14.0. The molecule has 2 rings (SSSR count). The van der Waals surface area contributed by atoms with Gasteiger partial charge in [-0.2, -0.15) is 0 Å². The van der Waals surface area contributed by atoms with Crippen molar-refractivity contribution in [2.24, 2.45) is 0 Å². The molecule has 0 aliphatic heterocycles. The van der Waals surface area contributed by atoms with Crippen LogP contribution in [-0.4, -0.2) is 11.5 Å². The standard InChI is InChI=1S/C16H23FN2/c1-2-19-16(14-10-11-18-12-15(14)17)13-8-6-4-3-5-7-9-13/h8,10-12,16,19H,2-7,9H2,1H3/b13-8+. The van der Waals surface area contributed by atoms with Crippen LogP contribution in [0.15, 0.2) is 30.1 Å². The second-order valence-electron chi connectivity index (χ2n) is 5.12. The zero-order valence-electron chi connectivity index (χ0n) is 11.7. The Morgan fingerprint density at radius 1 is 1.32 bits per heavy atom. The van der Waals surface area contributed by atoms with Crippen LogP contribution in [0.3, 0.4) is 0 Å². The van der Waals surface area contributed by atoms with Crippen LogP contribution >= 0.6 is 0 Å². The molecule has 1 aromatic heterocycles. The van der Waals surface area contributed by atoms with Crippen LogP contribution < -0.4 is 5.32 Å². The van der Waals surface area contributed by atoms with Gasteiger partial charge in [0.25, 0.3) is 0 Å². The average molecular weight is 262 g/mol. The van der Waals surface area contributed by atoms with E-state index < -0.39 is 0 Å². The van der Waals surface area contributed by atoms with Gasteiger partial charge in [0.1, 0.15) is 5.82 Å². The number of pyridine rings is 1. The van der Waals surface area contributed by atoms with Crippen LogP contribution in [0.25, 0.3) is 0 Å². The minimum absolute atomic E-state index is 0.00565. The molecule has 3 heteroatoms. The molecule has 0 spiro atoms. The molecule has 1 aliphatic rings. The Morgan fingerprint density at radius 2 is 2.16 bits per heavy atom. The minimum atomic E-state index is -0.212. The minimum Gasteiger partial charge on any atom is -0.307 e. The summed E-state index contributed by atoms with van der Waals surface area (Å²) in [7, 11) is 0. The summed E-state index contributed by atoms with van der Waals surface area (Å²) in [5.74, 6) is -0.212. The number of hydrogen-bond donors (Lipinski definition) is 1. The average Bonchev–Trinajstić information content (AvgIpc) is 2.37. The predicted octanol–water partition coefficient (Wildman–Crippen LogP) is 4.15. The maximum atomic E-state index is 14.0. The molecular formula is C16H23FN2. The van der Waals surface area contributed by atoms with Gasteiger partial charge in [-0.25, -0.2) is 4.39 Å². The summed E-state index contributed by atoms with van der Waals surface area (Å²) >= 11 is 0. The molecule has 0 saturated carbocycles. The summed E-state index contributed by atoms with van der Waals surface area (Å²) in [6.45, 7) is 2.90. The smallest absolute Gasteiger partial charge is 0.146 e. The van der Waals surface area contributed by atoms with E-state index in [-0.39, 0.29) is 11.9 Å². The topological polar surface area (TPSA) is 24.9 Å². The van der Waals surface area contributed by atoms with Crippen LogP contribution in [0, 0.1) is 5.82 Å². The van der Waals surface area contributed by atoms with Crippen LogP contribution in [0.1, 0.15) is 57.1 Å². The van der Waals surface area contributed by atoms with E-state index in [4.69, 9.17) is 0 Å². The maximum absolute atomic E-state index is 14.0. The first-order valence-electron chi connectivity index (χ1n) is 7.34. The van der Waals surface area contributed by atoms with Crippen molar-refractivity contribution in [3.63, 3.8) is 0 Å². The molecule has 19 heavy (non-hydrogen) atoms. The normalized spacial score (nSPS) is 21.1. The third-order valence-corrected chi connectivity index (χ3v) is 3.72. The number of nitrogens with zero attached hydrogens (tertiary/aromatic N) is 1. The molecule has 1 N–H and O–H groups in total. The van der Waals surface area contributed by atoms with Gasteiger partial charge < -0.3 is 5.32 Å². The molecule has 1 atom stereocenters. The number of allylic oxidation sites excluding steroid dienone is 1. The number of rotatable bonds is 4. The van der Waals surface area contributed by atoms with Gasteiger partial charge in [0.2, 0.25) is 0 Å². The Balaban J connectivity index is 2.25. The van der Waals surface area contributed by atoms with E-state index in [0.29, 0.717) is 0 Å². The van der Waals surface area contributed by atoms with E-state index in [0.717, 1.165) is 24.9 Å². The lowest BCUT2D eigenvalue weighted by molar-refractivity contribution is 0.522. The number of halogens is 1. The molecule has 0 aromatic carbocycles. The van der Waals surface area contributed by atoms with E-state index in [9.17, 15) is 4.39 Å². The molecule has 2 nitrogen and oxygen atoms in total. The van der Waals surface area contributed by atoms with Crippen molar-refractivity contribution >= 4 is 0 Å². The molecule has 0 saturated heterocycles.